The van der Waals surface area contributed by atoms with Crippen LogP contribution in [0.3, 0.4) is 0 Å². The molecule has 1 saturated heterocycles. The van der Waals surface area contributed by atoms with Crippen LogP contribution in [0.15, 0.2) is 48.8 Å². The third kappa shape index (κ3) is 5.51. The summed E-state index contributed by atoms with van der Waals surface area (Å²) in [5.74, 6) is 0.0521. The number of anilines is 1. The fraction of sp³-hybridized carbons (Fsp3) is 0.393. The van der Waals surface area contributed by atoms with Crippen molar-refractivity contribution < 1.29 is 19.4 Å². The van der Waals surface area contributed by atoms with E-state index in [0.717, 1.165) is 42.7 Å². The normalized spacial score (nSPS) is 17.1. The van der Waals surface area contributed by atoms with Gasteiger partial charge in [-0.05, 0) is 38.3 Å². The summed E-state index contributed by atoms with van der Waals surface area (Å²) < 4.78 is 5.42. The largest absolute Gasteiger partial charge is 0.394 e. The molecule has 3 aromatic rings. The summed E-state index contributed by atoms with van der Waals surface area (Å²) in [4.78, 5) is 41.2. The highest BCUT2D eigenvalue weighted by Crippen LogP contribution is 2.27. The van der Waals surface area contributed by atoms with Crippen LogP contribution in [0.4, 0.5) is 5.82 Å². The minimum Gasteiger partial charge on any atom is -0.394 e. The molecule has 1 fully saturated rings. The van der Waals surface area contributed by atoms with Crippen LogP contribution in [0, 0.1) is 6.92 Å². The van der Waals surface area contributed by atoms with E-state index in [1.54, 1.807) is 6.92 Å². The Balaban J connectivity index is 1.28. The number of pyridine rings is 1. The summed E-state index contributed by atoms with van der Waals surface area (Å²) in [6.45, 7) is 5.13. The first-order valence-corrected chi connectivity index (χ1v) is 12.9. The second-order valence-electron chi connectivity index (χ2n) is 9.79. The van der Waals surface area contributed by atoms with Crippen molar-refractivity contribution in [2.75, 3.05) is 25.1 Å². The molecule has 10 heteroatoms. The van der Waals surface area contributed by atoms with Gasteiger partial charge in [0, 0.05) is 37.4 Å². The Morgan fingerprint density at radius 2 is 1.97 bits per heavy atom. The molecule has 2 aliphatic heterocycles. The second kappa shape index (κ2) is 11.2. The van der Waals surface area contributed by atoms with Crippen molar-refractivity contribution >= 4 is 17.6 Å². The topological polar surface area (TPSA) is 130 Å². The molecule has 0 saturated carbocycles. The maximum absolute atomic E-state index is 13.3. The number of aromatic nitrogens is 3. The van der Waals surface area contributed by atoms with Crippen LogP contribution in [0.5, 0.6) is 0 Å². The molecule has 0 bridgehead atoms. The summed E-state index contributed by atoms with van der Waals surface area (Å²) >= 11 is 0. The zero-order chi connectivity index (χ0) is 26.6. The lowest BCUT2D eigenvalue weighted by molar-refractivity contribution is -0.126. The van der Waals surface area contributed by atoms with Crippen LogP contribution in [-0.2, 0) is 16.1 Å². The third-order valence-corrected chi connectivity index (χ3v) is 7.08. The fourth-order valence-corrected chi connectivity index (χ4v) is 4.83. The van der Waals surface area contributed by atoms with E-state index in [0.29, 0.717) is 28.9 Å². The molecule has 2 aliphatic rings. The van der Waals surface area contributed by atoms with Crippen LogP contribution in [-0.4, -0.2) is 68.7 Å². The van der Waals surface area contributed by atoms with Gasteiger partial charge >= 0.3 is 0 Å². The predicted octanol–water partition coefficient (Wildman–Crippen LogP) is 2.63. The maximum Gasteiger partial charge on any atom is 0.273 e. The zero-order valence-electron chi connectivity index (χ0n) is 21.6. The van der Waals surface area contributed by atoms with E-state index < -0.39 is 12.1 Å². The minimum atomic E-state index is -0.742. The van der Waals surface area contributed by atoms with E-state index in [-0.39, 0.29) is 25.0 Å². The highest BCUT2D eigenvalue weighted by molar-refractivity contribution is 6.00. The third-order valence-electron chi connectivity index (χ3n) is 7.08. The highest BCUT2D eigenvalue weighted by atomic mass is 16.5. The van der Waals surface area contributed by atoms with Gasteiger partial charge in [0.15, 0.2) is 0 Å². The number of aliphatic hydroxyl groups excluding tert-OH is 1. The Labute approximate surface area is 221 Å². The van der Waals surface area contributed by atoms with Gasteiger partial charge in [0.25, 0.3) is 5.91 Å². The Morgan fingerprint density at radius 3 is 2.74 bits per heavy atom. The number of fused-ring (bicyclic) bond motifs is 1. The molecule has 10 nitrogen and oxygen atoms in total. The van der Waals surface area contributed by atoms with Crippen molar-refractivity contribution in [3.63, 3.8) is 0 Å². The van der Waals surface area contributed by atoms with Gasteiger partial charge in [-0.2, -0.15) is 0 Å². The number of carbonyl (C=O) groups excluding carboxylic acids is 2. The molecule has 2 atom stereocenters. The second-order valence-corrected chi connectivity index (χ2v) is 9.79. The molecule has 0 unspecified atom stereocenters. The quantitative estimate of drug-likeness (QED) is 0.417. The first-order valence-electron chi connectivity index (χ1n) is 12.9. The minimum absolute atomic E-state index is 0.245. The van der Waals surface area contributed by atoms with Gasteiger partial charge < -0.3 is 25.4 Å². The maximum atomic E-state index is 13.3. The van der Waals surface area contributed by atoms with E-state index in [1.807, 2.05) is 49.4 Å². The molecule has 4 heterocycles. The number of benzene rings is 1. The van der Waals surface area contributed by atoms with Gasteiger partial charge in [-0.1, -0.05) is 35.9 Å². The van der Waals surface area contributed by atoms with Crippen molar-refractivity contribution in [3.05, 3.63) is 71.2 Å². The lowest BCUT2D eigenvalue weighted by Crippen LogP contribution is -2.46. The van der Waals surface area contributed by atoms with Crippen molar-refractivity contribution in [1.29, 1.82) is 0 Å². The number of nitrogens with zero attached hydrogens (tertiary/aromatic N) is 4. The number of nitrogens with one attached hydrogen (secondary N) is 2. The Kier molecular flexibility index (Phi) is 7.62. The van der Waals surface area contributed by atoms with E-state index in [1.165, 1.54) is 11.2 Å². The Hall–Kier alpha value is -3.89. The lowest BCUT2D eigenvalue weighted by atomic mass is 10.0. The van der Waals surface area contributed by atoms with Gasteiger partial charge in [-0.15, -0.1) is 0 Å². The predicted molar refractivity (Wildman–Crippen MR) is 141 cm³/mol. The molecule has 3 N–H and O–H groups in total. The summed E-state index contributed by atoms with van der Waals surface area (Å²) in [5.41, 5.74) is 4.09. The molecule has 2 amide bonds. The summed E-state index contributed by atoms with van der Waals surface area (Å²) in [6, 6.07) is 12.1. The van der Waals surface area contributed by atoms with Gasteiger partial charge in [0.05, 0.1) is 24.0 Å². The number of aliphatic hydroxyl groups is 1. The van der Waals surface area contributed by atoms with Crippen LogP contribution in [0.25, 0.3) is 11.4 Å². The van der Waals surface area contributed by atoms with Crippen molar-refractivity contribution in [3.8, 4) is 11.4 Å². The van der Waals surface area contributed by atoms with Crippen molar-refractivity contribution in [2.45, 2.75) is 51.4 Å². The average Bonchev–Trinajstić information content (AvgIpc) is 3.27. The van der Waals surface area contributed by atoms with E-state index in [9.17, 15) is 14.7 Å². The number of ether oxygens (including phenoxy) is 1. The number of rotatable bonds is 8. The van der Waals surface area contributed by atoms with E-state index >= 15 is 0 Å². The number of amides is 2. The van der Waals surface area contributed by atoms with Crippen LogP contribution >= 0.6 is 0 Å². The molecule has 2 aromatic heterocycles. The number of hydrogen-bond acceptors (Lipinski definition) is 8. The van der Waals surface area contributed by atoms with Gasteiger partial charge in [-0.3, -0.25) is 9.59 Å². The van der Waals surface area contributed by atoms with Crippen molar-refractivity contribution in [1.82, 2.24) is 25.2 Å². The first-order chi connectivity index (χ1) is 18.4. The van der Waals surface area contributed by atoms with Gasteiger partial charge in [0.1, 0.15) is 23.9 Å². The fourth-order valence-electron chi connectivity index (χ4n) is 4.83. The number of aryl methyl sites for hydroxylation is 1. The lowest BCUT2D eigenvalue weighted by Gasteiger charge is -2.26. The molecule has 0 aliphatic carbocycles. The smallest absolute Gasteiger partial charge is 0.273 e. The van der Waals surface area contributed by atoms with Gasteiger partial charge in [-0.25, -0.2) is 15.0 Å². The molecular weight excluding hydrogens is 484 g/mol. The number of hydrogen-bond donors (Lipinski definition) is 3. The monoisotopic (exact) mass is 516 g/mol. The van der Waals surface area contributed by atoms with E-state index in [4.69, 9.17) is 4.74 Å². The SMILES string of the molecule is Cc1cccc([C@@H](CO)NC(=O)[C@@H](C)N2Cc3ccc(-c4cc(NC5CCOCC5)ncn4)nc3C2=O)c1. The summed E-state index contributed by atoms with van der Waals surface area (Å²) in [6.07, 6.45) is 3.31. The standard InChI is InChI=1S/C28H32N6O4/c1-17-4-3-5-19(12-17)24(15-35)33-27(36)18(2)34-14-20-6-7-22(32-26(20)28(34)37)23-13-25(30-16-29-23)31-21-8-10-38-11-9-21/h3-7,12-13,16,18,21,24,35H,8-11,14-15H2,1-2H3,(H,33,36)(H,29,30,31)/t18-,24-/m1/s1. The molecular formula is C28H32N6O4. The van der Waals surface area contributed by atoms with Crippen LogP contribution in [0.1, 0.15) is 53.0 Å². The molecule has 1 aromatic carbocycles. The Bertz CT molecular complexity index is 1330. The molecule has 0 radical (unpaired) electrons. The van der Waals surface area contributed by atoms with Crippen LogP contribution in [0.2, 0.25) is 0 Å². The average molecular weight is 517 g/mol. The number of carbonyl (C=O) groups is 2. The molecule has 0 spiro atoms. The summed E-state index contributed by atoms with van der Waals surface area (Å²) in [5, 5.41) is 16.2. The molecule has 198 valence electrons. The summed E-state index contributed by atoms with van der Waals surface area (Å²) in [7, 11) is 0. The zero-order valence-corrected chi connectivity index (χ0v) is 21.6. The van der Waals surface area contributed by atoms with Gasteiger partial charge in [0.2, 0.25) is 5.91 Å². The van der Waals surface area contributed by atoms with Crippen LogP contribution < -0.4 is 10.6 Å². The first kappa shape index (κ1) is 25.7. The molecule has 38 heavy (non-hydrogen) atoms. The van der Waals surface area contributed by atoms with Crippen molar-refractivity contribution in [2.24, 2.45) is 0 Å². The highest BCUT2D eigenvalue weighted by Gasteiger charge is 2.36. The van der Waals surface area contributed by atoms with E-state index in [2.05, 4.69) is 25.6 Å². The molecule has 5 rings (SSSR count). The Morgan fingerprint density at radius 1 is 1.16 bits per heavy atom.